The lowest BCUT2D eigenvalue weighted by atomic mass is 10.0. The van der Waals surface area contributed by atoms with Crippen LogP contribution in [-0.2, 0) is 28.6 Å². The molecule has 1 atom stereocenters. The van der Waals surface area contributed by atoms with Crippen LogP contribution in [-0.4, -0.2) is 37.2 Å². The van der Waals surface area contributed by atoms with Gasteiger partial charge in [-0.3, -0.25) is 14.4 Å². The second kappa shape index (κ2) is 57.0. The van der Waals surface area contributed by atoms with Crippen molar-refractivity contribution in [1.82, 2.24) is 0 Å². The third-order valence-electron chi connectivity index (χ3n) is 14.1. The van der Waals surface area contributed by atoms with Crippen LogP contribution >= 0.6 is 0 Å². The topological polar surface area (TPSA) is 78.9 Å². The largest absolute Gasteiger partial charge is 0.462 e. The summed E-state index contributed by atoms with van der Waals surface area (Å²) in [5.41, 5.74) is 0. The van der Waals surface area contributed by atoms with E-state index in [2.05, 4.69) is 20.8 Å². The molecule has 0 aromatic carbocycles. The molecule has 0 saturated carbocycles. The van der Waals surface area contributed by atoms with Gasteiger partial charge < -0.3 is 14.2 Å². The SMILES string of the molecule is CCCCCCCCCCCCCCCCCCCCCCCCC(=O)OCC(COC(=O)CCCCCCCCCCCCC)OC(=O)CCCCCCCCCCCCCCCCCC. The van der Waals surface area contributed by atoms with Gasteiger partial charge in [-0.25, -0.2) is 0 Å². The van der Waals surface area contributed by atoms with Crippen LogP contribution < -0.4 is 0 Å². The normalized spacial score (nSPS) is 11.9. The molecule has 0 saturated heterocycles. The van der Waals surface area contributed by atoms with E-state index in [0.717, 1.165) is 57.8 Å². The Morgan fingerprint density at radius 3 is 0.597 bits per heavy atom. The van der Waals surface area contributed by atoms with Gasteiger partial charge in [0.2, 0.25) is 0 Å². The maximum absolute atomic E-state index is 12.9. The quantitative estimate of drug-likeness (QED) is 0.0343. The zero-order valence-electron chi connectivity index (χ0n) is 45.7. The minimum atomic E-state index is -0.761. The Labute approximate surface area is 418 Å². The van der Waals surface area contributed by atoms with E-state index >= 15 is 0 Å². The van der Waals surface area contributed by atoms with Crippen molar-refractivity contribution in [3.05, 3.63) is 0 Å². The number of hydrogen-bond acceptors (Lipinski definition) is 6. The van der Waals surface area contributed by atoms with Crippen LogP contribution in [0.4, 0.5) is 0 Å². The van der Waals surface area contributed by atoms with Crippen LogP contribution in [0.3, 0.4) is 0 Å². The van der Waals surface area contributed by atoms with E-state index in [1.165, 1.54) is 257 Å². The lowest BCUT2D eigenvalue weighted by molar-refractivity contribution is -0.167. The Morgan fingerprint density at radius 1 is 0.239 bits per heavy atom. The molecule has 6 nitrogen and oxygen atoms in total. The Bertz CT molecular complexity index is 998. The van der Waals surface area contributed by atoms with E-state index < -0.39 is 6.10 Å². The fraction of sp³-hybridized carbons (Fsp3) is 0.951. The third-order valence-corrected chi connectivity index (χ3v) is 14.1. The Balaban J connectivity index is 4.19. The average Bonchev–Trinajstić information content (AvgIpc) is 3.33. The number of unbranched alkanes of at least 4 members (excludes halogenated alkanes) is 46. The highest BCUT2D eigenvalue weighted by atomic mass is 16.6. The molecule has 0 aliphatic rings. The Morgan fingerprint density at radius 2 is 0.403 bits per heavy atom. The van der Waals surface area contributed by atoms with Gasteiger partial charge in [0.25, 0.3) is 0 Å². The van der Waals surface area contributed by atoms with Crippen molar-refractivity contribution >= 4 is 17.9 Å². The summed E-state index contributed by atoms with van der Waals surface area (Å²) in [4.78, 5) is 38.1. The molecule has 0 aromatic rings. The van der Waals surface area contributed by atoms with Gasteiger partial charge >= 0.3 is 17.9 Å². The van der Waals surface area contributed by atoms with E-state index in [9.17, 15) is 14.4 Å². The standard InChI is InChI=1S/C61H118O6/c1-4-7-10-13-16-19-22-24-26-28-29-30-31-32-33-35-36-39-42-45-48-51-54-60(63)66-57-58(56-65-59(62)53-50-47-44-41-38-21-18-15-12-9-6-3)67-61(64)55-52-49-46-43-40-37-34-27-25-23-20-17-14-11-8-5-2/h58H,4-57H2,1-3H3. The maximum Gasteiger partial charge on any atom is 0.306 e. The summed E-state index contributed by atoms with van der Waals surface area (Å²) in [7, 11) is 0. The highest BCUT2D eigenvalue weighted by molar-refractivity contribution is 5.71. The van der Waals surface area contributed by atoms with Gasteiger partial charge in [-0.1, -0.05) is 316 Å². The van der Waals surface area contributed by atoms with Crippen LogP contribution in [0.25, 0.3) is 0 Å². The summed E-state index contributed by atoms with van der Waals surface area (Å²) < 4.78 is 16.9. The maximum atomic E-state index is 12.9. The van der Waals surface area contributed by atoms with Crippen molar-refractivity contribution < 1.29 is 28.6 Å². The molecule has 0 bridgehead atoms. The monoisotopic (exact) mass is 947 g/mol. The van der Waals surface area contributed by atoms with Crippen LogP contribution in [0.1, 0.15) is 355 Å². The molecular weight excluding hydrogens is 829 g/mol. The Hall–Kier alpha value is -1.59. The first-order valence-electron chi connectivity index (χ1n) is 30.5. The van der Waals surface area contributed by atoms with E-state index in [-0.39, 0.29) is 31.1 Å². The third kappa shape index (κ3) is 55.2. The average molecular weight is 948 g/mol. The molecule has 0 heterocycles. The predicted molar refractivity (Wildman–Crippen MR) is 289 cm³/mol. The summed E-state index contributed by atoms with van der Waals surface area (Å²) >= 11 is 0. The highest BCUT2D eigenvalue weighted by Crippen LogP contribution is 2.18. The molecule has 0 rings (SSSR count). The summed E-state index contributed by atoms with van der Waals surface area (Å²) in [6, 6.07) is 0. The first-order valence-corrected chi connectivity index (χ1v) is 30.5. The van der Waals surface area contributed by atoms with Gasteiger partial charge in [0.05, 0.1) is 0 Å². The smallest absolute Gasteiger partial charge is 0.306 e. The fourth-order valence-electron chi connectivity index (χ4n) is 9.51. The van der Waals surface area contributed by atoms with Crippen molar-refractivity contribution in [3.63, 3.8) is 0 Å². The molecule has 1 unspecified atom stereocenters. The van der Waals surface area contributed by atoms with Crippen LogP contribution in [0.5, 0.6) is 0 Å². The van der Waals surface area contributed by atoms with E-state index in [1.807, 2.05) is 0 Å². The summed E-state index contributed by atoms with van der Waals surface area (Å²) in [5, 5.41) is 0. The zero-order chi connectivity index (χ0) is 48.6. The second-order valence-corrected chi connectivity index (χ2v) is 21.0. The molecule has 6 heteroatoms. The molecule has 0 spiro atoms. The molecule has 0 aromatic heterocycles. The van der Waals surface area contributed by atoms with Gasteiger partial charge in [-0.15, -0.1) is 0 Å². The van der Waals surface area contributed by atoms with Gasteiger partial charge in [-0.05, 0) is 19.3 Å². The van der Waals surface area contributed by atoms with Gasteiger partial charge in [0.15, 0.2) is 6.10 Å². The van der Waals surface area contributed by atoms with Crippen molar-refractivity contribution in [3.8, 4) is 0 Å². The first kappa shape index (κ1) is 65.4. The molecule has 67 heavy (non-hydrogen) atoms. The molecule has 0 aliphatic carbocycles. The lowest BCUT2D eigenvalue weighted by Crippen LogP contribution is -2.30. The number of rotatable bonds is 57. The van der Waals surface area contributed by atoms with Crippen LogP contribution in [0.15, 0.2) is 0 Å². The number of ether oxygens (including phenoxy) is 3. The number of hydrogen-bond donors (Lipinski definition) is 0. The predicted octanol–water partition coefficient (Wildman–Crippen LogP) is 20.3. The zero-order valence-corrected chi connectivity index (χ0v) is 45.7. The molecule has 0 radical (unpaired) electrons. The lowest BCUT2D eigenvalue weighted by Gasteiger charge is -2.18. The molecule has 0 fully saturated rings. The van der Waals surface area contributed by atoms with Gasteiger partial charge in [0, 0.05) is 19.3 Å². The molecule has 398 valence electrons. The minimum absolute atomic E-state index is 0.0609. The summed E-state index contributed by atoms with van der Waals surface area (Å²) in [6.07, 6.45) is 63.9. The summed E-state index contributed by atoms with van der Waals surface area (Å²) in [6.45, 7) is 6.71. The van der Waals surface area contributed by atoms with Gasteiger partial charge in [0.1, 0.15) is 13.2 Å². The minimum Gasteiger partial charge on any atom is -0.462 e. The number of esters is 3. The first-order chi connectivity index (χ1) is 33.0. The van der Waals surface area contributed by atoms with Gasteiger partial charge in [-0.2, -0.15) is 0 Å². The molecular formula is C61H118O6. The Kier molecular flexibility index (Phi) is 55.6. The van der Waals surface area contributed by atoms with E-state index in [0.29, 0.717) is 19.3 Å². The van der Waals surface area contributed by atoms with E-state index in [1.54, 1.807) is 0 Å². The van der Waals surface area contributed by atoms with E-state index in [4.69, 9.17) is 14.2 Å². The van der Waals surface area contributed by atoms with Crippen LogP contribution in [0, 0.1) is 0 Å². The number of carbonyl (C=O) groups excluding carboxylic acids is 3. The summed E-state index contributed by atoms with van der Waals surface area (Å²) in [5.74, 6) is -0.831. The molecule has 0 amide bonds. The van der Waals surface area contributed by atoms with Crippen molar-refractivity contribution in [2.24, 2.45) is 0 Å². The van der Waals surface area contributed by atoms with Crippen LogP contribution in [0.2, 0.25) is 0 Å². The van der Waals surface area contributed by atoms with Crippen molar-refractivity contribution in [2.45, 2.75) is 361 Å². The fourth-order valence-corrected chi connectivity index (χ4v) is 9.51. The van der Waals surface area contributed by atoms with Crippen molar-refractivity contribution in [1.29, 1.82) is 0 Å². The highest BCUT2D eigenvalue weighted by Gasteiger charge is 2.19. The second-order valence-electron chi connectivity index (χ2n) is 21.0. The van der Waals surface area contributed by atoms with Crippen molar-refractivity contribution in [2.75, 3.05) is 13.2 Å². The molecule has 0 aliphatic heterocycles. The molecule has 0 N–H and O–H groups in total. The number of carbonyl (C=O) groups is 3.